The number of pyridine rings is 1. The third-order valence-electron chi connectivity index (χ3n) is 3.91. The van der Waals surface area contributed by atoms with Crippen LogP contribution in [0.4, 0.5) is 0 Å². The van der Waals surface area contributed by atoms with Crippen LogP contribution in [0.5, 0.6) is 5.88 Å². The lowest BCUT2D eigenvalue weighted by Gasteiger charge is -2.22. The Balaban J connectivity index is 1.95. The number of terminal acetylenes is 1. The zero-order valence-electron chi connectivity index (χ0n) is 14.5. The zero-order chi connectivity index (χ0) is 18.1. The number of hydrogen-bond acceptors (Lipinski definition) is 5. The fraction of sp³-hybridized carbons (Fsp3) is 0.500. The molecule has 1 saturated heterocycles. The predicted molar refractivity (Wildman–Crippen MR) is 94.2 cm³/mol. The van der Waals surface area contributed by atoms with Crippen LogP contribution in [0, 0.1) is 12.3 Å². The van der Waals surface area contributed by atoms with Gasteiger partial charge in [-0.2, -0.15) is 0 Å². The van der Waals surface area contributed by atoms with Crippen LogP contribution in [-0.4, -0.2) is 72.5 Å². The van der Waals surface area contributed by atoms with Crippen molar-refractivity contribution in [3.05, 3.63) is 23.9 Å². The van der Waals surface area contributed by atoms with E-state index in [1.54, 1.807) is 23.2 Å². The Hall–Kier alpha value is -2.59. The van der Waals surface area contributed by atoms with Crippen molar-refractivity contribution in [3.63, 3.8) is 0 Å². The smallest absolute Gasteiger partial charge is 0.259 e. The Morgan fingerprint density at radius 2 is 2.20 bits per heavy atom. The first-order chi connectivity index (χ1) is 12.2. The van der Waals surface area contributed by atoms with Crippen LogP contribution in [-0.2, 0) is 4.79 Å². The number of carbonyl (C=O) groups excluding carboxylic acids is 2. The number of aromatic nitrogens is 1. The maximum atomic E-state index is 12.8. The molecule has 0 bridgehead atoms. The van der Waals surface area contributed by atoms with Gasteiger partial charge in [0.2, 0.25) is 11.8 Å². The van der Waals surface area contributed by atoms with Gasteiger partial charge in [-0.3, -0.25) is 14.5 Å². The highest BCUT2D eigenvalue weighted by Crippen LogP contribution is 2.18. The molecule has 0 saturated carbocycles. The Labute approximate surface area is 148 Å². The summed E-state index contributed by atoms with van der Waals surface area (Å²) in [6, 6.07) is 3.46. The molecule has 0 spiro atoms. The summed E-state index contributed by atoms with van der Waals surface area (Å²) in [4.78, 5) is 32.6. The molecule has 7 nitrogen and oxygen atoms in total. The molecule has 0 aliphatic carbocycles. The molecule has 25 heavy (non-hydrogen) atoms. The quantitative estimate of drug-likeness (QED) is 0.755. The molecule has 0 radical (unpaired) electrons. The van der Waals surface area contributed by atoms with Gasteiger partial charge in [-0.05, 0) is 25.5 Å². The van der Waals surface area contributed by atoms with E-state index < -0.39 is 0 Å². The Kier molecular flexibility index (Phi) is 7.23. The standard InChI is InChI=1S/C18H24N4O3/c1-3-8-19-16(23)14-21-10-6-11-22(13-12-21)18(24)15-7-5-9-20-17(15)25-4-2/h1,5,7,9H,4,6,8,10-14H2,2H3,(H,19,23). The molecule has 1 N–H and O–H groups in total. The summed E-state index contributed by atoms with van der Waals surface area (Å²) < 4.78 is 5.45. The van der Waals surface area contributed by atoms with E-state index in [0.29, 0.717) is 44.2 Å². The number of nitrogens with one attached hydrogen (secondary N) is 1. The number of nitrogens with zero attached hydrogens (tertiary/aromatic N) is 3. The first-order valence-corrected chi connectivity index (χ1v) is 8.45. The van der Waals surface area contributed by atoms with Crippen LogP contribution in [0.25, 0.3) is 0 Å². The maximum Gasteiger partial charge on any atom is 0.259 e. The van der Waals surface area contributed by atoms with Crippen LogP contribution >= 0.6 is 0 Å². The molecule has 1 fully saturated rings. The molecule has 1 aliphatic rings. The fourth-order valence-electron chi connectivity index (χ4n) is 2.72. The second-order valence-corrected chi connectivity index (χ2v) is 5.69. The zero-order valence-corrected chi connectivity index (χ0v) is 14.5. The molecule has 2 heterocycles. The summed E-state index contributed by atoms with van der Waals surface area (Å²) in [5.41, 5.74) is 0.476. The fourth-order valence-corrected chi connectivity index (χ4v) is 2.72. The topological polar surface area (TPSA) is 74.8 Å². The van der Waals surface area contributed by atoms with Crippen LogP contribution in [0.1, 0.15) is 23.7 Å². The number of hydrogen-bond donors (Lipinski definition) is 1. The lowest BCUT2D eigenvalue weighted by molar-refractivity contribution is -0.121. The number of carbonyl (C=O) groups is 2. The van der Waals surface area contributed by atoms with E-state index in [2.05, 4.69) is 16.2 Å². The second-order valence-electron chi connectivity index (χ2n) is 5.69. The third kappa shape index (κ3) is 5.47. The van der Waals surface area contributed by atoms with E-state index in [1.165, 1.54) is 0 Å². The van der Waals surface area contributed by atoms with Crippen molar-refractivity contribution in [2.45, 2.75) is 13.3 Å². The van der Waals surface area contributed by atoms with Crippen LogP contribution in [0.3, 0.4) is 0 Å². The monoisotopic (exact) mass is 344 g/mol. The molecule has 1 aromatic heterocycles. The first kappa shape index (κ1) is 18.7. The van der Waals surface area contributed by atoms with E-state index in [1.807, 2.05) is 11.8 Å². The minimum atomic E-state index is -0.0939. The highest BCUT2D eigenvalue weighted by molar-refractivity contribution is 5.96. The molecule has 2 amide bonds. The lowest BCUT2D eigenvalue weighted by atomic mass is 10.2. The van der Waals surface area contributed by atoms with Gasteiger partial charge in [-0.15, -0.1) is 6.42 Å². The van der Waals surface area contributed by atoms with Crippen LogP contribution < -0.4 is 10.1 Å². The van der Waals surface area contributed by atoms with Crippen molar-refractivity contribution in [3.8, 4) is 18.2 Å². The second kappa shape index (κ2) is 9.64. The summed E-state index contributed by atoms with van der Waals surface area (Å²) in [7, 11) is 0. The average molecular weight is 344 g/mol. The molecule has 1 aromatic rings. The Morgan fingerprint density at radius 1 is 1.36 bits per heavy atom. The van der Waals surface area contributed by atoms with Gasteiger partial charge in [0.1, 0.15) is 5.56 Å². The van der Waals surface area contributed by atoms with Gasteiger partial charge in [0, 0.05) is 32.4 Å². The van der Waals surface area contributed by atoms with E-state index in [4.69, 9.17) is 11.2 Å². The molecule has 0 atom stereocenters. The highest BCUT2D eigenvalue weighted by Gasteiger charge is 2.23. The van der Waals surface area contributed by atoms with E-state index >= 15 is 0 Å². The van der Waals surface area contributed by atoms with E-state index in [0.717, 1.165) is 13.0 Å². The van der Waals surface area contributed by atoms with Gasteiger partial charge >= 0.3 is 0 Å². The first-order valence-electron chi connectivity index (χ1n) is 8.45. The number of rotatable bonds is 6. The molecule has 2 rings (SSSR count). The Morgan fingerprint density at radius 3 is 2.96 bits per heavy atom. The molecular weight excluding hydrogens is 320 g/mol. The highest BCUT2D eigenvalue weighted by atomic mass is 16.5. The Bertz CT molecular complexity index is 641. The normalized spacial score (nSPS) is 15.1. The summed E-state index contributed by atoms with van der Waals surface area (Å²) in [5, 5.41) is 2.66. The van der Waals surface area contributed by atoms with Crippen LogP contribution in [0.2, 0.25) is 0 Å². The van der Waals surface area contributed by atoms with Crippen molar-refractivity contribution in [1.29, 1.82) is 0 Å². The minimum Gasteiger partial charge on any atom is -0.477 e. The summed E-state index contributed by atoms with van der Waals surface area (Å²) in [5.74, 6) is 2.57. The van der Waals surface area contributed by atoms with Gasteiger partial charge in [-0.1, -0.05) is 5.92 Å². The third-order valence-corrected chi connectivity index (χ3v) is 3.91. The molecule has 0 aromatic carbocycles. The molecular formula is C18H24N4O3. The largest absolute Gasteiger partial charge is 0.477 e. The summed E-state index contributed by atoms with van der Waals surface area (Å²) >= 11 is 0. The van der Waals surface area contributed by atoms with Crippen molar-refractivity contribution >= 4 is 11.8 Å². The summed E-state index contributed by atoms with van der Waals surface area (Å²) in [6.07, 6.45) is 7.55. The van der Waals surface area contributed by atoms with Crippen molar-refractivity contribution in [2.75, 3.05) is 45.9 Å². The van der Waals surface area contributed by atoms with E-state index in [-0.39, 0.29) is 18.4 Å². The van der Waals surface area contributed by atoms with Gasteiger partial charge in [0.05, 0.1) is 19.7 Å². The molecule has 7 heteroatoms. The minimum absolute atomic E-state index is 0.0878. The van der Waals surface area contributed by atoms with Crippen molar-refractivity contribution < 1.29 is 14.3 Å². The van der Waals surface area contributed by atoms with Gasteiger partial charge in [0.15, 0.2) is 0 Å². The van der Waals surface area contributed by atoms with E-state index in [9.17, 15) is 9.59 Å². The SMILES string of the molecule is C#CCNC(=O)CN1CCCN(C(=O)c2cccnc2OCC)CC1. The number of amides is 2. The lowest BCUT2D eigenvalue weighted by Crippen LogP contribution is -2.40. The van der Waals surface area contributed by atoms with Gasteiger partial charge in [0.25, 0.3) is 5.91 Å². The molecule has 0 unspecified atom stereocenters. The molecule has 1 aliphatic heterocycles. The predicted octanol–water partition coefficient (Wildman–Crippen LogP) is 0.378. The van der Waals surface area contributed by atoms with Gasteiger partial charge in [-0.25, -0.2) is 4.98 Å². The van der Waals surface area contributed by atoms with Crippen molar-refractivity contribution in [1.82, 2.24) is 20.1 Å². The van der Waals surface area contributed by atoms with Gasteiger partial charge < -0.3 is 15.0 Å². The number of ether oxygens (including phenoxy) is 1. The maximum absolute atomic E-state index is 12.8. The molecule has 134 valence electrons. The van der Waals surface area contributed by atoms with Crippen LogP contribution in [0.15, 0.2) is 18.3 Å². The summed E-state index contributed by atoms with van der Waals surface area (Å²) in [6.45, 7) is 5.44. The average Bonchev–Trinajstić information content (AvgIpc) is 2.86. The van der Waals surface area contributed by atoms with Crippen molar-refractivity contribution in [2.24, 2.45) is 0 Å².